The van der Waals surface area contributed by atoms with Gasteiger partial charge in [0.2, 0.25) is 0 Å². The van der Waals surface area contributed by atoms with E-state index in [9.17, 15) is 34.4 Å². The average Bonchev–Trinajstić information content (AvgIpc) is 3.93. The van der Waals surface area contributed by atoms with Gasteiger partial charge in [-0.25, -0.2) is 9.07 Å². The van der Waals surface area contributed by atoms with E-state index in [1.54, 1.807) is 51.4 Å². The second-order valence-corrected chi connectivity index (χ2v) is 20.1. The first-order chi connectivity index (χ1) is 31.5. The third kappa shape index (κ3) is 11.9. The Morgan fingerprint density at radius 2 is 1.73 bits per heavy atom. The van der Waals surface area contributed by atoms with Crippen LogP contribution in [0.25, 0.3) is 0 Å². The molecule has 4 saturated heterocycles. The van der Waals surface area contributed by atoms with Crippen molar-refractivity contribution in [1.82, 2.24) is 19.9 Å². The number of aliphatic hydroxyl groups excluding tert-OH is 3. The Kier molecular flexibility index (Phi) is 17.3. The Balaban J connectivity index is 1.26. The molecule has 0 unspecified atom stereocenters. The number of aromatic nitrogens is 3. The van der Waals surface area contributed by atoms with Crippen LogP contribution in [0, 0.1) is 29.5 Å². The number of carbonyl (C=O) groups is 2. The van der Waals surface area contributed by atoms with E-state index >= 15 is 0 Å². The number of hydrogen-bond donors (Lipinski definition) is 4. The lowest BCUT2D eigenvalue weighted by Crippen LogP contribution is -2.61. The van der Waals surface area contributed by atoms with Gasteiger partial charge >= 0.3 is 5.97 Å². The molecule has 18 nitrogen and oxygen atoms in total. The molecule has 6 rings (SSSR count). The van der Waals surface area contributed by atoms with Crippen LogP contribution in [0.4, 0.5) is 4.39 Å². The number of hydrogen-bond acceptors (Lipinski definition) is 17. The number of likely N-dealkylation sites (N-methyl/N-ethyl adjacent to an activating group) is 1. The van der Waals surface area contributed by atoms with Crippen LogP contribution in [0.15, 0.2) is 30.5 Å². The van der Waals surface area contributed by atoms with Gasteiger partial charge in [-0.2, -0.15) is 0 Å². The fraction of sp³-hybridized carbons (Fsp3) is 0.792. The van der Waals surface area contributed by atoms with E-state index in [0.717, 1.165) is 5.69 Å². The molecule has 2 bridgehead atoms. The number of cyclic esters (lactones) is 1. The van der Waals surface area contributed by atoms with Gasteiger partial charge in [0.15, 0.2) is 12.6 Å². The normalized spacial score (nSPS) is 41.2. The fourth-order valence-electron chi connectivity index (χ4n) is 10.5. The number of Topliss-reactive ketones (excluding diaryl/α,β-unsaturated/α-hetero) is 1. The molecule has 2 aromatic rings. The predicted molar refractivity (Wildman–Crippen MR) is 239 cm³/mol. The van der Waals surface area contributed by atoms with Gasteiger partial charge in [0.05, 0.1) is 66.5 Å². The molecule has 4 fully saturated rings. The van der Waals surface area contributed by atoms with Crippen molar-refractivity contribution >= 4 is 11.8 Å². The summed E-state index contributed by atoms with van der Waals surface area (Å²) in [5.74, 6) is -4.56. The summed E-state index contributed by atoms with van der Waals surface area (Å²) in [6, 6.07) is 5.51. The Morgan fingerprint density at radius 3 is 2.42 bits per heavy atom. The zero-order valence-corrected chi connectivity index (χ0v) is 40.9. The lowest BCUT2D eigenvalue weighted by atomic mass is 9.75. The smallest absolute Gasteiger partial charge is 0.311 e. The van der Waals surface area contributed by atoms with E-state index in [1.807, 2.05) is 38.9 Å². The molecule has 4 aliphatic rings. The first-order valence-corrected chi connectivity index (χ1v) is 23.8. The van der Waals surface area contributed by atoms with Gasteiger partial charge in [-0.15, -0.1) is 5.10 Å². The zero-order valence-electron chi connectivity index (χ0n) is 40.9. The van der Waals surface area contributed by atoms with Crippen molar-refractivity contribution in [3.8, 4) is 5.75 Å². The van der Waals surface area contributed by atoms with E-state index in [2.05, 4.69) is 10.3 Å². The molecule has 0 saturated carbocycles. The van der Waals surface area contributed by atoms with Crippen molar-refractivity contribution in [1.29, 1.82) is 0 Å². The standard InChI is InChI=1S/C48H75FN4O14/c1-12-36-48(9,59)41(56)27(3)38(54)31-22-47(8,62-25-31)43(28(4)40(29(5)44(58)65-36)66-37-23-46(7,60-11)42(57)30(6)64-37)67-45-39(55)35(20-26(2)63-45)52(10)17-16-33-24-53(51-50-33)18-19-61-34-15-13-14-32(49)21-34/h13-15,21,24,26-31,35-37,39-43,45,55-57,59H,12,16-20,22-23,25H2,1-11H3/t26-,27+,28+,29-,30+,31+,35+,36-,37+,39-,40+,41-,42+,43-,45+,46-,47-,48-/m1/s1. The molecular formula is C48H75FN4O14. The van der Waals surface area contributed by atoms with E-state index in [-0.39, 0.29) is 50.2 Å². The number of esters is 1. The number of ketones is 1. The maximum absolute atomic E-state index is 14.4. The van der Waals surface area contributed by atoms with Crippen LogP contribution >= 0.6 is 0 Å². The minimum Gasteiger partial charge on any atom is -0.492 e. The average molecular weight is 951 g/mol. The molecule has 0 spiro atoms. The fourth-order valence-corrected chi connectivity index (χ4v) is 10.5. The molecule has 0 aliphatic carbocycles. The van der Waals surface area contributed by atoms with Gasteiger partial charge < -0.3 is 63.2 Å². The van der Waals surface area contributed by atoms with Crippen LogP contribution < -0.4 is 4.74 Å². The maximum atomic E-state index is 14.4. The van der Waals surface area contributed by atoms with Crippen LogP contribution in [0.5, 0.6) is 5.75 Å². The first-order valence-electron chi connectivity index (χ1n) is 23.8. The van der Waals surface area contributed by atoms with E-state index < -0.39 is 108 Å². The Hall–Kier alpha value is -3.21. The first kappa shape index (κ1) is 53.1. The number of benzene rings is 1. The molecule has 4 aliphatic heterocycles. The van der Waals surface area contributed by atoms with Crippen LogP contribution in [0.2, 0.25) is 0 Å². The number of rotatable bonds is 14. The third-order valence-electron chi connectivity index (χ3n) is 14.9. The second kappa shape index (κ2) is 21.8. The number of aliphatic hydroxyl groups is 4. The van der Waals surface area contributed by atoms with Gasteiger partial charge in [-0.3, -0.25) is 9.59 Å². The molecule has 1 aromatic heterocycles. The topological polar surface area (TPSA) is 223 Å². The van der Waals surface area contributed by atoms with Crippen molar-refractivity contribution < 1.29 is 72.3 Å². The van der Waals surface area contributed by atoms with Gasteiger partial charge in [-0.1, -0.05) is 32.1 Å². The highest BCUT2D eigenvalue weighted by Gasteiger charge is 2.56. The molecule has 0 amide bonds. The lowest BCUT2D eigenvalue weighted by Gasteiger charge is -2.49. The highest BCUT2D eigenvalue weighted by atomic mass is 19.1. The molecule has 19 heteroatoms. The van der Waals surface area contributed by atoms with Crippen molar-refractivity contribution in [2.24, 2.45) is 23.7 Å². The highest BCUT2D eigenvalue weighted by Crippen LogP contribution is 2.44. The van der Waals surface area contributed by atoms with E-state index in [0.29, 0.717) is 31.7 Å². The van der Waals surface area contributed by atoms with Gasteiger partial charge in [0.1, 0.15) is 47.9 Å². The summed E-state index contributed by atoms with van der Waals surface area (Å²) in [6.07, 6.45) is -7.02. The number of methoxy groups -OCH3 is 1. The quantitative estimate of drug-likeness (QED) is 0.200. The van der Waals surface area contributed by atoms with E-state index in [4.69, 9.17) is 37.9 Å². The van der Waals surface area contributed by atoms with Crippen LogP contribution in [0.3, 0.4) is 0 Å². The Morgan fingerprint density at radius 1 is 1.00 bits per heavy atom. The summed E-state index contributed by atoms with van der Waals surface area (Å²) in [5.41, 5.74) is -3.55. The number of halogens is 1. The minimum atomic E-state index is -1.99. The molecular weight excluding hydrogens is 876 g/mol. The number of carbonyl (C=O) groups excluding carboxylic acids is 2. The molecule has 4 N–H and O–H groups in total. The van der Waals surface area contributed by atoms with Crippen molar-refractivity contribution in [2.75, 3.05) is 33.9 Å². The summed E-state index contributed by atoms with van der Waals surface area (Å²) >= 11 is 0. The SMILES string of the molecule is CC[C@H]1OC(=O)[C@H](C)[C@@H](O[C@H]2C[C@@](C)(OC)[C@@H](O)[C@H](C)O2)[C@H](C)[C@@H](O[C@@H]2O[C@H](C)C[C@H](N(C)CCc3cn(CCOc4cccc(F)c4)nn3)[C@H]2O)[C@@]2(C)C[C@@H](CO2)C(=O)[C@H](C)[C@@H](O)[C@]1(C)O. The van der Waals surface area contributed by atoms with Crippen LogP contribution in [0.1, 0.15) is 93.7 Å². The third-order valence-corrected chi connectivity index (χ3v) is 14.9. The van der Waals surface area contributed by atoms with E-state index in [1.165, 1.54) is 26.2 Å². The Labute approximate surface area is 393 Å². The van der Waals surface area contributed by atoms with Gasteiger partial charge in [-0.05, 0) is 80.0 Å². The van der Waals surface area contributed by atoms with Crippen molar-refractivity contribution in [3.63, 3.8) is 0 Å². The molecule has 378 valence electrons. The number of ether oxygens (including phenoxy) is 8. The molecule has 5 heterocycles. The number of fused-ring (bicyclic) bond motifs is 2. The summed E-state index contributed by atoms with van der Waals surface area (Å²) in [5, 5.41) is 55.1. The van der Waals surface area contributed by atoms with Gasteiger partial charge in [0.25, 0.3) is 0 Å². The Bertz CT molecular complexity index is 1960. The highest BCUT2D eigenvalue weighted by molar-refractivity contribution is 5.84. The molecule has 1 aromatic carbocycles. The monoisotopic (exact) mass is 951 g/mol. The molecule has 0 radical (unpaired) electrons. The summed E-state index contributed by atoms with van der Waals surface area (Å²) < 4.78 is 65.7. The largest absolute Gasteiger partial charge is 0.492 e. The molecule has 67 heavy (non-hydrogen) atoms. The predicted octanol–water partition coefficient (Wildman–Crippen LogP) is 3.23. The van der Waals surface area contributed by atoms with Gasteiger partial charge in [0, 0.05) is 62.6 Å². The lowest BCUT2D eigenvalue weighted by molar-refractivity contribution is -0.317. The van der Waals surface area contributed by atoms with Crippen molar-refractivity contribution in [3.05, 3.63) is 42.0 Å². The summed E-state index contributed by atoms with van der Waals surface area (Å²) in [7, 11) is 3.41. The summed E-state index contributed by atoms with van der Waals surface area (Å²) in [6.45, 7) is 16.5. The number of nitrogens with zero attached hydrogens (tertiary/aromatic N) is 4. The summed E-state index contributed by atoms with van der Waals surface area (Å²) in [4.78, 5) is 30.6. The minimum absolute atomic E-state index is 0.0113. The zero-order chi connectivity index (χ0) is 49.2. The van der Waals surface area contributed by atoms with Crippen LogP contribution in [-0.4, -0.2) is 170 Å². The molecule has 18 atom stereocenters. The second-order valence-electron chi connectivity index (χ2n) is 20.1. The van der Waals surface area contributed by atoms with Crippen molar-refractivity contribution in [2.45, 2.75) is 185 Å². The maximum Gasteiger partial charge on any atom is 0.311 e. The van der Waals surface area contributed by atoms with Crippen LogP contribution in [-0.2, 0) is 55.7 Å².